The summed E-state index contributed by atoms with van der Waals surface area (Å²) in [5.74, 6) is -0.741. The third kappa shape index (κ3) is 8.18. The third-order valence-electron chi connectivity index (χ3n) is 6.92. The molecule has 0 unspecified atom stereocenters. The molecule has 40 heavy (non-hydrogen) atoms. The van der Waals surface area contributed by atoms with Crippen molar-refractivity contribution in [2.75, 3.05) is 23.7 Å². The van der Waals surface area contributed by atoms with Gasteiger partial charge in [-0.1, -0.05) is 87.5 Å². The van der Waals surface area contributed by atoms with E-state index in [2.05, 4.69) is 26.1 Å². The molecular formula is C32H41N3O4S. The van der Waals surface area contributed by atoms with Crippen LogP contribution in [0.5, 0.6) is 0 Å². The van der Waals surface area contributed by atoms with Crippen LogP contribution in [-0.4, -0.2) is 50.5 Å². The minimum Gasteiger partial charge on any atom is -0.355 e. The van der Waals surface area contributed by atoms with Gasteiger partial charge in [0.05, 0.1) is 11.9 Å². The van der Waals surface area contributed by atoms with Gasteiger partial charge < -0.3 is 10.2 Å². The smallest absolute Gasteiger partial charge is 0.244 e. The van der Waals surface area contributed by atoms with Crippen molar-refractivity contribution in [3.05, 3.63) is 101 Å². The van der Waals surface area contributed by atoms with Crippen LogP contribution >= 0.6 is 0 Å². The average molecular weight is 564 g/mol. The molecule has 3 aromatic carbocycles. The lowest BCUT2D eigenvalue weighted by atomic mass is 9.87. The molecule has 0 bridgehead atoms. The van der Waals surface area contributed by atoms with Gasteiger partial charge in [0.15, 0.2) is 0 Å². The van der Waals surface area contributed by atoms with Gasteiger partial charge in [0.1, 0.15) is 12.6 Å². The van der Waals surface area contributed by atoms with Crippen molar-refractivity contribution in [3.8, 4) is 0 Å². The highest BCUT2D eigenvalue weighted by molar-refractivity contribution is 7.92. The molecule has 1 atom stereocenters. The van der Waals surface area contributed by atoms with Gasteiger partial charge in [0.25, 0.3) is 0 Å². The van der Waals surface area contributed by atoms with E-state index in [4.69, 9.17) is 0 Å². The summed E-state index contributed by atoms with van der Waals surface area (Å²) in [5.41, 5.74) is 4.12. The van der Waals surface area contributed by atoms with Crippen LogP contribution in [0.2, 0.25) is 0 Å². The predicted octanol–water partition coefficient (Wildman–Crippen LogP) is 4.83. The van der Waals surface area contributed by atoms with Crippen molar-refractivity contribution in [1.29, 1.82) is 0 Å². The van der Waals surface area contributed by atoms with Crippen LogP contribution in [0.3, 0.4) is 0 Å². The highest BCUT2D eigenvalue weighted by Crippen LogP contribution is 2.26. The van der Waals surface area contributed by atoms with Gasteiger partial charge in [-0.15, -0.1) is 0 Å². The Hall–Kier alpha value is -3.65. The number of carbonyl (C=O) groups is 2. The normalized spacial score (nSPS) is 12.4. The third-order valence-corrected chi connectivity index (χ3v) is 8.07. The van der Waals surface area contributed by atoms with Gasteiger partial charge in [-0.3, -0.25) is 13.9 Å². The van der Waals surface area contributed by atoms with E-state index < -0.39 is 28.5 Å². The maximum Gasteiger partial charge on any atom is 0.244 e. The number of nitrogens with one attached hydrogen (secondary N) is 1. The molecule has 0 aliphatic carbocycles. The molecule has 0 aliphatic heterocycles. The number of carbonyl (C=O) groups excluding carboxylic acids is 2. The quantitative estimate of drug-likeness (QED) is 0.362. The maximum atomic E-state index is 14.1. The van der Waals surface area contributed by atoms with Crippen LogP contribution < -0.4 is 9.62 Å². The zero-order valence-corrected chi connectivity index (χ0v) is 25.2. The molecule has 0 aliphatic rings. The average Bonchev–Trinajstić information content (AvgIpc) is 2.90. The van der Waals surface area contributed by atoms with E-state index in [1.54, 1.807) is 12.1 Å². The van der Waals surface area contributed by atoms with Crippen molar-refractivity contribution in [3.63, 3.8) is 0 Å². The number of hydrogen-bond acceptors (Lipinski definition) is 4. The van der Waals surface area contributed by atoms with E-state index in [0.29, 0.717) is 18.7 Å². The molecule has 0 spiro atoms. The molecule has 0 fully saturated rings. The molecule has 3 rings (SSSR count). The number of nitrogens with zero attached hydrogens (tertiary/aromatic N) is 2. The highest BCUT2D eigenvalue weighted by atomic mass is 32.2. The van der Waals surface area contributed by atoms with Crippen LogP contribution in [0.1, 0.15) is 49.9 Å². The molecule has 0 saturated carbocycles. The second-order valence-electron chi connectivity index (χ2n) is 11.1. The summed E-state index contributed by atoms with van der Waals surface area (Å²) in [6.07, 6.45) is 1.39. The van der Waals surface area contributed by atoms with E-state index in [9.17, 15) is 18.0 Å². The molecule has 3 aromatic rings. The largest absolute Gasteiger partial charge is 0.355 e. The Kier molecular flexibility index (Phi) is 10.1. The van der Waals surface area contributed by atoms with Crippen molar-refractivity contribution >= 4 is 27.5 Å². The van der Waals surface area contributed by atoms with Gasteiger partial charge in [0.2, 0.25) is 21.8 Å². The molecule has 7 nitrogen and oxygen atoms in total. The summed E-state index contributed by atoms with van der Waals surface area (Å²) in [4.78, 5) is 29.0. The molecule has 1 N–H and O–H groups in total. The molecule has 8 heteroatoms. The van der Waals surface area contributed by atoms with Crippen LogP contribution in [0, 0.1) is 6.92 Å². The van der Waals surface area contributed by atoms with E-state index >= 15 is 0 Å². The van der Waals surface area contributed by atoms with Crippen LogP contribution in [-0.2, 0) is 38.0 Å². The maximum absolute atomic E-state index is 14.1. The predicted molar refractivity (Wildman–Crippen MR) is 162 cm³/mol. The number of sulfonamides is 1. The van der Waals surface area contributed by atoms with Gasteiger partial charge in [-0.05, 0) is 53.6 Å². The number of likely N-dealkylation sites (N-methyl/N-ethyl adjacent to an activating group) is 1. The molecule has 0 saturated heterocycles. The Morgan fingerprint density at radius 1 is 0.900 bits per heavy atom. The number of benzene rings is 3. The lowest BCUT2D eigenvalue weighted by Crippen LogP contribution is -2.53. The minimum absolute atomic E-state index is 0.105. The summed E-state index contributed by atoms with van der Waals surface area (Å²) in [7, 11) is -3.81. The Morgan fingerprint density at radius 2 is 1.50 bits per heavy atom. The van der Waals surface area contributed by atoms with Gasteiger partial charge in [0, 0.05) is 19.5 Å². The summed E-state index contributed by atoms with van der Waals surface area (Å²) in [5, 5.41) is 2.87. The second kappa shape index (κ2) is 13.1. The fourth-order valence-electron chi connectivity index (χ4n) is 4.56. The summed E-state index contributed by atoms with van der Waals surface area (Å²) in [6.45, 7) is 10.2. The molecule has 0 aromatic heterocycles. The van der Waals surface area contributed by atoms with Crippen LogP contribution in [0.25, 0.3) is 0 Å². The van der Waals surface area contributed by atoms with Crippen molar-refractivity contribution in [2.24, 2.45) is 0 Å². The highest BCUT2D eigenvalue weighted by Gasteiger charge is 2.33. The van der Waals surface area contributed by atoms with E-state index in [1.165, 1.54) is 4.90 Å². The fraction of sp³-hybridized carbons (Fsp3) is 0.375. The van der Waals surface area contributed by atoms with E-state index in [-0.39, 0.29) is 17.9 Å². The Balaban J connectivity index is 2.04. The number of anilines is 1. The van der Waals surface area contributed by atoms with E-state index in [1.807, 2.05) is 80.6 Å². The van der Waals surface area contributed by atoms with Crippen molar-refractivity contribution in [1.82, 2.24) is 10.2 Å². The standard InChI is InChI=1S/C32H41N3O4S/c1-7-33-31(37)29(21-25-14-9-8-10-15-25)34(22-26-16-12-11-13-24(26)2)30(36)23-35(40(6,38)39)28-19-17-27(18-20-28)32(3,4)5/h8-20,29H,7,21-23H2,1-6H3,(H,33,37)/t29-/m1/s1. The van der Waals surface area contributed by atoms with Gasteiger partial charge in [-0.25, -0.2) is 8.42 Å². The van der Waals surface area contributed by atoms with Crippen molar-refractivity contribution < 1.29 is 18.0 Å². The van der Waals surface area contributed by atoms with E-state index in [0.717, 1.165) is 32.8 Å². The van der Waals surface area contributed by atoms with Crippen molar-refractivity contribution in [2.45, 2.75) is 59.0 Å². The first-order chi connectivity index (χ1) is 18.8. The summed E-state index contributed by atoms with van der Waals surface area (Å²) in [6, 6.07) is 23.6. The van der Waals surface area contributed by atoms with Gasteiger partial charge in [-0.2, -0.15) is 0 Å². The first-order valence-corrected chi connectivity index (χ1v) is 15.4. The topological polar surface area (TPSA) is 86.8 Å². The summed E-state index contributed by atoms with van der Waals surface area (Å²) < 4.78 is 27.0. The fourth-order valence-corrected chi connectivity index (χ4v) is 5.41. The number of amides is 2. The first-order valence-electron chi connectivity index (χ1n) is 13.5. The number of rotatable bonds is 11. The lowest BCUT2D eigenvalue weighted by Gasteiger charge is -2.34. The zero-order chi connectivity index (χ0) is 29.5. The summed E-state index contributed by atoms with van der Waals surface area (Å²) >= 11 is 0. The Morgan fingerprint density at radius 3 is 2.05 bits per heavy atom. The number of hydrogen-bond donors (Lipinski definition) is 1. The molecule has 0 heterocycles. The minimum atomic E-state index is -3.81. The van der Waals surface area contributed by atoms with Crippen LogP contribution in [0.4, 0.5) is 5.69 Å². The molecule has 0 radical (unpaired) electrons. The lowest BCUT2D eigenvalue weighted by molar-refractivity contribution is -0.140. The Bertz CT molecular complexity index is 1400. The van der Waals surface area contributed by atoms with Crippen LogP contribution in [0.15, 0.2) is 78.9 Å². The first kappa shape index (κ1) is 30.9. The molecule has 214 valence electrons. The van der Waals surface area contributed by atoms with Gasteiger partial charge >= 0.3 is 0 Å². The SMILES string of the molecule is CCNC(=O)[C@@H](Cc1ccccc1)N(Cc1ccccc1C)C(=O)CN(c1ccc(C(C)(C)C)cc1)S(C)(=O)=O. The molecule has 2 amide bonds. The monoisotopic (exact) mass is 563 g/mol. The zero-order valence-electron chi connectivity index (χ0n) is 24.3. The Labute approximate surface area is 239 Å². The number of aryl methyl sites for hydroxylation is 1. The molecular weight excluding hydrogens is 522 g/mol. The second-order valence-corrected chi connectivity index (χ2v) is 13.0.